The first-order chi connectivity index (χ1) is 8.13. The Kier molecular flexibility index (Phi) is 2.93. The topological polar surface area (TPSA) is 85.4 Å². The van der Waals surface area contributed by atoms with Crippen molar-refractivity contribution in [3.8, 4) is 5.88 Å². The largest absolute Gasteiger partial charge is 0.481 e. The molecule has 2 aromatic rings. The van der Waals surface area contributed by atoms with Gasteiger partial charge in [-0.3, -0.25) is 4.79 Å². The zero-order valence-corrected chi connectivity index (χ0v) is 9.25. The first-order valence-electron chi connectivity index (χ1n) is 5.05. The van der Waals surface area contributed by atoms with Gasteiger partial charge in [0.1, 0.15) is 6.04 Å². The second-order valence-corrected chi connectivity index (χ2v) is 3.60. The number of para-hydroxylation sites is 1. The van der Waals surface area contributed by atoms with Crippen molar-refractivity contribution >= 4 is 16.9 Å². The molecule has 5 nitrogen and oxygen atoms in total. The zero-order chi connectivity index (χ0) is 12.4. The van der Waals surface area contributed by atoms with Gasteiger partial charge in [0.05, 0.1) is 12.6 Å². The van der Waals surface area contributed by atoms with Crippen molar-refractivity contribution in [1.82, 2.24) is 4.98 Å². The number of nitrogens with two attached hydrogens (primary N) is 1. The summed E-state index contributed by atoms with van der Waals surface area (Å²) in [6, 6.07) is 7.94. The molecule has 1 heterocycles. The fourth-order valence-corrected chi connectivity index (χ4v) is 1.63. The predicted octanol–water partition coefficient (Wildman–Crippen LogP) is 1.33. The monoisotopic (exact) mass is 232 g/mol. The highest BCUT2D eigenvalue weighted by atomic mass is 16.5. The van der Waals surface area contributed by atoms with Crippen LogP contribution in [0.3, 0.4) is 0 Å². The van der Waals surface area contributed by atoms with Gasteiger partial charge >= 0.3 is 5.97 Å². The van der Waals surface area contributed by atoms with Gasteiger partial charge in [0.25, 0.3) is 0 Å². The predicted molar refractivity (Wildman–Crippen MR) is 62.9 cm³/mol. The van der Waals surface area contributed by atoms with Crippen LogP contribution < -0.4 is 10.5 Å². The molecule has 0 saturated carbocycles. The zero-order valence-electron chi connectivity index (χ0n) is 9.25. The van der Waals surface area contributed by atoms with Gasteiger partial charge in [-0.25, -0.2) is 4.98 Å². The first-order valence-corrected chi connectivity index (χ1v) is 5.05. The van der Waals surface area contributed by atoms with E-state index >= 15 is 0 Å². The lowest BCUT2D eigenvalue weighted by atomic mass is 10.1. The minimum atomic E-state index is -1.14. The average Bonchev–Trinajstić information content (AvgIpc) is 2.36. The number of hydrogen-bond acceptors (Lipinski definition) is 4. The van der Waals surface area contributed by atoms with E-state index in [4.69, 9.17) is 15.6 Å². The number of ether oxygens (including phenoxy) is 1. The molecular formula is C12H12N2O3. The molecule has 5 heteroatoms. The molecule has 0 aliphatic rings. The highest BCUT2D eigenvalue weighted by Gasteiger charge is 2.20. The molecule has 17 heavy (non-hydrogen) atoms. The minimum Gasteiger partial charge on any atom is -0.481 e. The summed E-state index contributed by atoms with van der Waals surface area (Å²) in [6.45, 7) is 0. The van der Waals surface area contributed by atoms with E-state index in [1.54, 1.807) is 6.07 Å². The molecule has 1 unspecified atom stereocenters. The second kappa shape index (κ2) is 4.39. The van der Waals surface area contributed by atoms with Crippen LogP contribution in [0.15, 0.2) is 30.3 Å². The summed E-state index contributed by atoms with van der Waals surface area (Å²) < 4.78 is 5.07. The van der Waals surface area contributed by atoms with Gasteiger partial charge in [0, 0.05) is 10.9 Å². The molecule has 1 aromatic heterocycles. The van der Waals surface area contributed by atoms with Gasteiger partial charge in [-0.15, -0.1) is 0 Å². The number of carboxylic acid groups (broad SMARTS) is 1. The molecule has 3 N–H and O–H groups in total. The van der Waals surface area contributed by atoms with Gasteiger partial charge in [0.15, 0.2) is 0 Å². The molecule has 0 aliphatic heterocycles. The number of pyridine rings is 1. The Morgan fingerprint density at radius 2 is 2.18 bits per heavy atom. The van der Waals surface area contributed by atoms with E-state index in [1.807, 2.05) is 24.3 Å². The quantitative estimate of drug-likeness (QED) is 0.833. The third-order valence-electron chi connectivity index (χ3n) is 2.51. The number of aliphatic carboxylic acids is 1. The lowest BCUT2D eigenvalue weighted by molar-refractivity contribution is -0.138. The van der Waals surface area contributed by atoms with Crippen LogP contribution in [0.25, 0.3) is 10.9 Å². The Balaban J connectivity index is 2.64. The Labute approximate surface area is 97.8 Å². The minimum absolute atomic E-state index is 0.249. The molecule has 0 saturated heterocycles. The van der Waals surface area contributed by atoms with E-state index in [1.165, 1.54) is 7.11 Å². The van der Waals surface area contributed by atoms with Crippen molar-refractivity contribution in [1.29, 1.82) is 0 Å². The number of hydrogen-bond donors (Lipinski definition) is 2. The third kappa shape index (κ3) is 2.05. The Morgan fingerprint density at radius 1 is 1.47 bits per heavy atom. The van der Waals surface area contributed by atoms with Crippen LogP contribution in [0, 0.1) is 0 Å². The maximum Gasteiger partial charge on any atom is 0.325 e. The Morgan fingerprint density at radius 3 is 2.82 bits per heavy atom. The van der Waals surface area contributed by atoms with Crippen molar-refractivity contribution in [2.75, 3.05) is 7.11 Å². The summed E-state index contributed by atoms with van der Waals surface area (Å²) in [5, 5.41) is 9.75. The molecule has 2 rings (SSSR count). The van der Waals surface area contributed by atoms with Crippen molar-refractivity contribution in [2.45, 2.75) is 6.04 Å². The molecule has 0 bridgehead atoms. The highest BCUT2D eigenvalue weighted by molar-refractivity contribution is 5.83. The second-order valence-electron chi connectivity index (χ2n) is 3.60. The summed E-state index contributed by atoms with van der Waals surface area (Å²) in [4.78, 5) is 15.1. The number of aromatic nitrogens is 1. The summed E-state index contributed by atoms with van der Waals surface area (Å²) in [5.41, 5.74) is 6.70. The van der Waals surface area contributed by atoms with E-state index in [-0.39, 0.29) is 5.88 Å². The van der Waals surface area contributed by atoms with Crippen LogP contribution in [0.1, 0.15) is 11.6 Å². The number of rotatable bonds is 3. The fraction of sp³-hybridized carbons (Fsp3) is 0.167. The maximum atomic E-state index is 10.9. The number of benzene rings is 1. The molecular weight excluding hydrogens is 220 g/mol. The molecule has 0 radical (unpaired) electrons. The maximum absolute atomic E-state index is 10.9. The van der Waals surface area contributed by atoms with Gasteiger partial charge in [0.2, 0.25) is 5.88 Å². The molecule has 0 aliphatic carbocycles. The van der Waals surface area contributed by atoms with Crippen LogP contribution in [0.2, 0.25) is 0 Å². The van der Waals surface area contributed by atoms with Crippen LogP contribution in [0.4, 0.5) is 0 Å². The van der Waals surface area contributed by atoms with Crippen LogP contribution in [-0.2, 0) is 4.79 Å². The SMILES string of the molecule is COc1nc2ccccc2cc1C(N)C(=O)O. The van der Waals surface area contributed by atoms with Gasteiger partial charge < -0.3 is 15.6 Å². The standard InChI is InChI=1S/C12H12N2O3/c1-17-11-8(10(13)12(15)16)6-7-4-2-3-5-9(7)14-11/h2-6,10H,13H2,1H3,(H,15,16). The molecule has 0 spiro atoms. The molecule has 1 aromatic carbocycles. The lowest BCUT2D eigenvalue weighted by Gasteiger charge is -2.12. The third-order valence-corrected chi connectivity index (χ3v) is 2.51. The van der Waals surface area contributed by atoms with Crippen molar-refractivity contribution in [3.63, 3.8) is 0 Å². The van der Waals surface area contributed by atoms with E-state index in [0.717, 1.165) is 10.9 Å². The molecule has 1 atom stereocenters. The summed E-state index contributed by atoms with van der Waals surface area (Å²) in [7, 11) is 1.44. The summed E-state index contributed by atoms with van der Waals surface area (Å²) >= 11 is 0. The lowest BCUT2D eigenvalue weighted by Crippen LogP contribution is -2.21. The number of carboxylic acids is 1. The Hall–Kier alpha value is -2.14. The number of fused-ring (bicyclic) bond motifs is 1. The van der Waals surface area contributed by atoms with E-state index in [9.17, 15) is 4.79 Å². The van der Waals surface area contributed by atoms with Gasteiger partial charge in [-0.2, -0.15) is 0 Å². The van der Waals surface area contributed by atoms with Gasteiger partial charge in [-0.05, 0) is 12.1 Å². The number of carbonyl (C=O) groups is 1. The number of methoxy groups -OCH3 is 1. The van der Waals surface area contributed by atoms with Crippen molar-refractivity contribution in [2.24, 2.45) is 5.73 Å². The normalized spacial score (nSPS) is 12.4. The smallest absolute Gasteiger partial charge is 0.325 e. The average molecular weight is 232 g/mol. The van der Waals surface area contributed by atoms with Gasteiger partial charge in [-0.1, -0.05) is 18.2 Å². The molecule has 0 amide bonds. The van der Waals surface area contributed by atoms with E-state index in [0.29, 0.717) is 5.56 Å². The molecule has 88 valence electrons. The van der Waals surface area contributed by atoms with Crippen LogP contribution >= 0.6 is 0 Å². The Bertz CT molecular complexity index is 569. The summed E-state index contributed by atoms with van der Waals surface area (Å²) in [6.07, 6.45) is 0. The summed E-state index contributed by atoms with van der Waals surface area (Å²) in [5.74, 6) is -0.862. The van der Waals surface area contributed by atoms with Crippen molar-refractivity contribution < 1.29 is 14.6 Å². The van der Waals surface area contributed by atoms with Crippen molar-refractivity contribution in [3.05, 3.63) is 35.9 Å². The highest BCUT2D eigenvalue weighted by Crippen LogP contribution is 2.26. The van der Waals surface area contributed by atoms with E-state index in [2.05, 4.69) is 4.98 Å². The van der Waals surface area contributed by atoms with Crippen LogP contribution in [-0.4, -0.2) is 23.2 Å². The number of nitrogens with zero attached hydrogens (tertiary/aromatic N) is 1. The van der Waals surface area contributed by atoms with E-state index < -0.39 is 12.0 Å². The van der Waals surface area contributed by atoms with Crippen LogP contribution in [0.5, 0.6) is 5.88 Å². The molecule has 0 fully saturated rings. The first kappa shape index (κ1) is 11.3. The fourth-order valence-electron chi connectivity index (χ4n) is 1.63.